The van der Waals surface area contributed by atoms with Gasteiger partial charge in [0.25, 0.3) is 0 Å². The van der Waals surface area contributed by atoms with Gasteiger partial charge >= 0.3 is 0 Å². The fourth-order valence-electron chi connectivity index (χ4n) is 3.77. The molecular formula is C19H24F2N4O3. The molecular weight excluding hydrogens is 370 g/mol. The smallest absolute Gasteiger partial charge is 0.216 e. The molecule has 1 saturated carbocycles. The van der Waals surface area contributed by atoms with Crippen molar-refractivity contribution in [3.63, 3.8) is 0 Å². The summed E-state index contributed by atoms with van der Waals surface area (Å²) in [6, 6.07) is 3.18. The maximum absolute atomic E-state index is 14.8. The zero-order valence-corrected chi connectivity index (χ0v) is 16.1. The summed E-state index contributed by atoms with van der Waals surface area (Å²) in [5.74, 6) is -1.62. The molecule has 0 radical (unpaired) electrons. The van der Waals surface area contributed by atoms with E-state index in [2.05, 4.69) is 15.2 Å². The van der Waals surface area contributed by atoms with E-state index in [-0.39, 0.29) is 24.8 Å². The van der Waals surface area contributed by atoms with Crippen LogP contribution in [0, 0.1) is 23.0 Å². The van der Waals surface area contributed by atoms with Crippen LogP contribution in [0.1, 0.15) is 32.3 Å². The first-order chi connectivity index (χ1) is 13.3. The molecule has 152 valence electrons. The number of rotatable bonds is 9. The topological polar surface area (TPSA) is 81.8 Å². The lowest BCUT2D eigenvalue weighted by molar-refractivity contribution is -0.0455. The quantitative estimate of drug-likeness (QED) is 0.306. The standard InChI is InChI=1S/C19H24F2N4O3/c1-13(2)17(24-28-12-27-3)18(6-7-18)19(26,9-25-11-22-10-23-25)15-5-4-14(20)8-16(15)21/h4-5,8,10-11,13,26H,6-7,9,12H2,1-3H3/b24-17+. The van der Waals surface area contributed by atoms with Crippen molar-refractivity contribution in [3.05, 3.63) is 48.1 Å². The number of hydrogen-bond donors (Lipinski definition) is 1. The Labute approximate surface area is 162 Å². The highest BCUT2D eigenvalue weighted by Gasteiger charge is 2.64. The molecule has 0 aliphatic heterocycles. The van der Waals surface area contributed by atoms with Crippen molar-refractivity contribution >= 4 is 5.71 Å². The summed E-state index contributed by atoms with van der Waals surface area (Å²) in [5.41, 5.74) is -2.02. The van der Waals surface area contributed by atoms with Gasteiger partial charge in [-0.1, -0.05) is 25.1 Å². The van der Waals surface area contributed by atoms with Gasteiger partial charge in [-0.2, -0.15) is 5.10 Å². The van der Waals surface area contributed by atoms with Gasteiger partial charge in [0.05, 0.1) is 12.3 Å². The van der Waals surface area contributed by atoms with Gasteiger partial charge in [0.1, 0.15) is 29.9 Å². The molecule has 1 aromatic carbocycles. The predicted octanol–water partition coefficient (Wildman–Crippen LogP) is 2.86. The van der Waals surface area contributed by atoms with Crippen LogP contribution in [0.25, 0.3) is 0 Å². The van der Waals surface area contributed by atoms with Crippen LogP contribution in [-0.2, 0) is 21.7 Å². The Morgan fingerprint density at radius 1 is 1.39 bits per heavy atom. The fraction of sp³-hybridized carbons (Fsp3) is 0.526. The summed E-state index contributed by atoms with van der Waals surface area (Å²) in [6.45, 7) is 3.74. The summed E-state index contributed by atoms with van der Waals surface area (Å²) in [6.07, 6.45) is 3.92. The highest BCUT2D eigenvalue weighted by Crippen LogP contribution is 2.61. The summed E-state index contributed by atoms with van der Waals surface area (Å²) >= 11 is 0. The molecule has 1 aromatic heterocycles. The minimum absolute atomic E-state index is 0.0120. The van der Waals surface area contributed by atoms with E-state index < -0.39 is 22.7 Å². The van der Waals surface area contributed by atoms with Crippen molar-refractivity contribution in [3.8, 4) is 0 Å². The zero-order valence-electron chi connectivity index (χ0n) is 16.1. The molecule has 0 bridgehead atoms. The number of hydrogen-bond acceptors (Lipinski definition) is 6. The number of nitrogens with zero attached hydrogens (tertiary/aromatic N) is 4. The third kappa shape index (κ3) is 3.64. The molecule has 1 N–H and O–H groups in total. The van der Waals surface area contributed by atoms with Crippen molar-refractivity contribution in [1.82, 2.24) is 14.8 Å². The van der Waals surface area contributed by atoms with Crippen LogP contribution in [0.4, 0.5) is 8.78 Å². The van der Waals surface area contributed by atoms with E-state index in [1.54, 1.807) is 0 Å². The number of halogens is 2. The van der Waals surface area contributed by atoms with Gasteiger partial charge in [0.2, 0.25) is 6.79 Å². The fourth-order valence-corrected chi connectivity index (χ4v) is 3.77. The summed E-state index contributed by atoms with van der Waals surface area (Å²) in [4.78, 5) is 9.11. The highest BCUT2D eigenvalue weighted by atomic mass is 19.1. The van der Waals surface area contributed by atoms with Gasteiger partial charge in [-0.3, -0.25) is 0 Å². The van der Waals surface area contributed by atoms with Gasteiger partial charge in [0, 0.05) is 24.2 Å². The monoisotopic (exact) mass is 394 g/mol. The number of aromatic nitrogens is 3. The molecule has 1 heterocycles. The van der Waals surface area contributed by atoms with Gasteiger partial charge in [-0.05, 0) is 24.8 Å². The SMILES string of the molecule is COCO/N=C(\C(C)C)C1(C(O)(Cn2cncn2)c2ccc(F)cc2F)CC1. The number of benzene rings is 1. The molecule has 1 atom stereocenters. The van der Waals surface area contributed by atoms with Crippen molar-refractivity contribution < 1.29 is 23.5 Å². The second-order valence-corrected chi connectivity index (χ2v) is 7.33. The highest BCUT2D eigenvalue weighted by molar-refractivity contribution is 5.95. The minimum atomic E-state index is -1.72. The normalized spacial score (nSPS) is 18.2. The van der Waals surface area contributed by atoms with E-state index in [1.807, 2.05) is 13.8 Å². The van der Waals surface area contributed by atoms with Crippen LogP contribution < -0.4 is 0 Å². The molecule has 7 nitrogen and oxygen atoms in total. The minimum Gasteiger partial charge on any atom is -0.382 e. The maximum atomic E-state index is 14.8. The van der Waals surface area contributed by atoms with Gasteiger partial charge in [0.15, 0.2) is 0 Å². The Balaban J connectivity index is 2.11. The van der Waals surface area contributed by atoms with E-state index in [1.165, 1.54) is 30.5 Å². The molecule has 2 aromatic rings. The third-order valence-electron chi connectivity index (χ3n) is 5.15. The van der Waals surface area contributed by atoms with Crippen molar-refractivity contribution in [2.24, 2.45) is 16.5 Å². The average Bonchev–Trinajstić information content (AvgIpc) is 3.29. The first-order valence-electron chi connectivity index (χ1n) is 9.03. The largest absolute Gasteiger partial charge is 0.382 e. The Morgan fingerprint density at radius 2 is 2.14 bits per heavy atom. The number of aliphatic hydroxyl groups is 1. The lowest BCUT2D eigenvalue weighted by atomic mass is 9.72. The van der Waals surface area contributed by atoms with Crippen molar-refractivity contribution in [2.45, 2.75) is 38.8 Å². The van der Waals surface area contributed by atoms with Crippen LogP contribution in [0.3, 0.4) is 0 Å². The maximum Gasteiger partial charge on any atom is 0.216 e. The van der Waals surface area contributed by atoms with Crippen LogP contribution in [0.15, 0.2) is 36.0 Å². The molecule has 3 rings (SSSR count). The second-order valence-electron chi connectivity index (χ2n) is 7.33. The first-order valence-corrected chi connectivity index (χ1v) is 9.03. The lowest BCUT2D eigenvalue weighted by Crippen LogP contribution is -2.47. The Kier molecular flexibility index (Phi) is 5.76. The van der Waals surface area contributed by atoms with Crippen LogP contribution in [0.5, 0.6) is 0 Å². The molecule has 1 unspecified atom stereocenters. The number of oxime groups is 1. The predicted molar refractivity (Wildman–Crippen MR) is 97.2 cm³/mol. The van der Waals surface area contributed by atoms with E-state index >= 15 is 0 Å². The molecule has 1 fully saturated rings. The molecule has 0 amide bonds. The number of methoxy groups -OCH3 is 1. The summed E-state index contributed by atoms with van der Waals surface area (Å²) in [7, 11) is 1.48. The van der Waals surface area contributed by atoms with Gasteiger partial charge in [-0.15, -0.1) is 0 Å². The molecule has 0 saturated heterocycles. The van der Waals surface area contributed by atoms with Crippen LogP contribution in [-0.4, -0.2) is 39.5 Å². The Bertz CT molecular complexity index is 838. The van der Waals surface area contributed by atoms with Crippen LogP contribution in [0.2, 0.25) is 0 Å². The Hall–Kier alpha value is -2.39. The van der Waals surface area contributed by atoms with Gasteiger partial charge < -0.3 is 14.7 Å². The molecule has 0 spiro atoms. The van der Waals surface area contributed by atoms with E-state index in [9.17, 15) is 13.9 Å². The van der Waals surface area contributed by atoms with Crippen LogP contribution >= 0.6 is 0 Å². The first kappa shape index (κ1) is 20.3. The Morgan fingerprint density at radius 3 is 2.68 bits per heavy atom. The third-order valence-corrected chi connectivity index (χ3v) is 5.15. The summed E-state index contributed by atoms with van der Waals surface area (Å²) < 4.78 is 34.6. The second kappa shape index (κ2) is 7.92. The lowest BCUT2D eigenvalue weighted by Gasteiger charge is -2.39. The zero-order chi connectivity index (χ0) is 20.4. The number of ether oxygens (including phenoxy) is 1. The van der Waals surface area contributed by atoms with Crippen molar-refractivity contribution in [2.75, 3.05) is 13.9 Å². The van der Waals surface area contributed by atoms with Gasteiger partial charge in [-0.25, -0.2) is 18.4 Å². The molecule has 1 aliphatic carbocycles. The van der Waals surface area contributed by atoms with E-state index in [0.29, 0.717) is 18.6 Å². The summed E-state index contributed by atoms with van der Waals surface area (Å²) in [5, 5.41) is 20.1. The van der Waals surface area contributed by atoms with E-state index in [0.717, 1.165) is 12.1 Å². The van der Waals surface area contributed by atoms with Crippen molar-refractivity contribution in [1.29, 1.82) is 0 Å². The molecule has 9 heteroatoms. The molecule has 28 heavy (non-hydrogen) atoms. The van der Waals surface area contributed by atoms with E-state index in [4.69, 9.17) is 9.57 Å². The molecule has 1 aliphatic rings. The average molecular weight is 394 g/mol.